The highest BCUT2D eigenvalue weighted by atomic mass is 19.1. The van der Waals surface area contributed by atoms with Crippen LogP contribution in [0.2, 0.25) is 0 Å². The standard InChI is InChI=1S/C23H26FN3O3/c24-17-4-1-2-5-18(17)25-10-12-26(13-11-25)19(28)6-3-9-27-22(29)20-15-7-8-16(14-15)21(20)23(27)30/h1-2,4-5,7-8,15-16,20-21H,3,6,9-14H2. The minimum atomic E-state index is -0.245. The number of allylic oxidation sites excluding steroid dienone is 2. The molecular formula is C23H26FN3O3. The summed E-state index contributed by atoms with van der Waals surface area (Å²) in [6.45, 7) is 2.61. The quantitative estimate of drug-likeness (QED) is 0.550. The van der Waals surface area contributed by atoms with E-state index in [0.29, 0.717) is 51.3 Å². The normalized spacial score (nSPS) is 29.8. The number of halogens is 1. The number of benzene rings is 1. The molecule has 0 aromatic heterocycles. The molecule has 0 radical (unpaired) electrons. The van der Waals surface area contributed by atoms with Gasteiger partial charge in [0.25, 0.3) is 0 Å². The van der Waals surface area contributed by atoms with E-state index in [1.807, 2.05) is 11.0 Å². The zero-order chi connectivity index (χ0) is 20.8. The van der Waals surface area contributed by atoms with Crippen molar-refractivity contribution in [1.82, 2.24) is 9.80 Å². The fourth-order valence-corrected chi connectivity index (χ4v) is 5.64. The molecule has 1 saturated carbocycles. The second-order valence-corrected chi connectivity index (χ2v) is 8.75. The number of piperazine rings is 1. The molecule has 3 fully saturated rings. The molecule has 0 N–H and O–H groups in total. The van der Waals surface area contributed by atoms with Gasteiger partial charge in [-0.15, -0.1) is 0 Å². The molecule has 2 aliphatic carbocycles. The molecule has 158 valence electrons. The van der Waals surface area contributed by atoms with Gasteiger partial charge in [-0.25, -0.2) is 4.39 Å². The highest BCUT2D eigenvalue weighted by Crippen LogP contribution is 2.52. The predicted octanol–water partition coefficient (Wildman–Crippen LogP) is 2.06. The SMILES string of the molecule is O=C(CCCN1C(=O)C2C3C=CC(C3)C2C1=O)N1CCN(c2ccccc2F)CC1. The number of hydrogen-bond acceptors (Lipinski definition) is 4. The highest BCUT2D eigenvalue weighted by molar-refractivity contribution is 6.06. The molecule has 1 aromatic rings. The Kier molecular flexibility index (Phi) is 4.83. The summed E-state index contributed by atoms with van der Waals surface area (Å²) in [4.78, 5) is 43.1. The van der Waals surface area contributed by atoms with Crippen molar-refractivity contribution in [1.29, 1.82) is 0 Å². The van der Waals surface area contributed by atoms with Crippen molar-refractivity contribution in [3.8, 4) is 0 Å². The number of imide groups is 1. The Bertz CT molecular complexity index is 879. The maximum Gasteiger partial charge on any atom is 0.233 e. The van der Waals surface area contributed by atoms with Gasteiger partial charge in [0.15, 0.2) is 0 Å². The molecule has 30 heavy (non-hydrogen) atoms. The first kappa shape index (κ1) is 19.3. The van der Waals surface area contributed by atoms with Crippen molar-refractivity contribution in [2.75, 3.05) is 37.6 Å². The third-order valence-corrected chi connectivity index (χ3v) is 7.16. The average Bonchev–Trinajstić information content (AvgIpc) is 3.44. The van der Waals surface area contributed by atoms with Gasteiger partial charge in [0.1, 0.15) is 5.82 Å². The van der Waals surface area contributed by atoms with Gasteiger partial charge < -0.3 is 9.80 Å². The summed E-state index contributed by atoms with van der Waals surface area (Å²) in [5.74, 6) is -0.220. The molecule has 2 heterocycles. The number of carbonyl (C=O) groups is 3. The number of amides is 3. The Morgan fingerprint density at radius 3 is 2.23 bits per heavy atom. The molecule has 2 saturated heterocycles. The van der Waals surface area contributed by atoms with Crippen molar-refractivity contribution in [2.45, 2.75) is 19.3 Å². The van der Waals surface area contributed by atoms with Crippen LogP contribution in [0.25, 0.3) is 0 Å². The predicted molar refractivity (Wildman–Crippen MR) is 109 cm³/mol. The van der Waals surface area contributed by atoms with Crippen LogP contribution in [0.3, 0.4) is 0 Å². The topological polar surface area (TPSA) is 60.9 Å². The minimum Gasteiger partial charge on any atom is -0.366 e. The lowest BCUT2D eigenvalue weighted by Crippen LogP contribution is -2.49. The van der Waals surface area contributed by atoms with Crippen LogP contribution in [0, 0.1) is 29.5 Å². The van der Waals surface area contributed by atoms with Crippen LogP contribution in [0.15, 0.2) is 36.4 Å². The van der Waals surface area contributed by atoms with Crippen LogP contribution in [0.4, 0.5) is 10.1 Å². The summed E-state index contributed by atoms with van der Waals surface area (Å²) in [7, 11) is 0. The largest absolute Gasteiger partial charge is 0.366 e. The molecule has 1 aromatic carbocycles. The molecule has 4 atom stereocenters. The van der Waals surface area contributed by atoms with Crippen molar-refractivity contribution < 1.29 is 18.8 Å². The first-order chi connectivity index (χ1) is 14.5. The zero-order valence-electron chi connectivity index (χ0n) is 16.9. The molecule has 4 unspecified atom stereocenters. The molecular weight excluding hydrogens is 385 g/mol. The van der Waals surface area contributed by atoms with Crippen LogP contribution < -0.4 is 4.90 Å². The Labute approximate surface area is 175 Å². The van der Waals surface area contributed by atoms with Crippen LogP contribution in [0.5, 0.6) is 0 Å². The maximum absolute atomic E-state index is 14.0. The van der Waals surface area contributed by atoms with Gasteiger partial charge in [0.05, 0.1) is 17.5 Å². The fourth-order valence-electron chi connectivity index (χ4n) is 5.64. The Hall–Kier alpha value is -2.70. The molecule has 2 bridgehead atoms. The van der Waals surface area contributed by atoms with E-state index in [4.69, 9.17) is 0 Å². The minimum absolute atomic E-state index is 0.0317. The third kappa shape index (κ3) is 3.11. The second kappa shape index (κ2) is 7.52. The van der Waals surface area contributed by atoms with E-state index in [1.165, 1.54) is 11.0 Å². The number of carbonyl (C=O) groups excluding carboxylic acids is 3. The van der Waals surface area contributed by atoms with E-state index >= 15 is 0 Å². The fraction of sp³-hybridized carbons (Fsp3) is 0.522. The molecule has 2 aliphatic heterocycles. The second-order valence-electron chi connectivity index (χ2n) is 8.75. The molecule has 4 aliphatic rings. The third-order valence-electron chi connectivity index (χ3n) is 7.16. The number of likely N-dealkylation sites (tertiary alicyclic amines) is 1. The van der Waals surface area contributed by atoms with Gasteiger partial charge in [0, 0.05) is 39.1 Å². The number of anilines is 1. The molecule has 7 heteroatoms. The number of para-hydroxylation sites is 1. The van der Waals surface area contributed by atoms with E-state index in [1.54, 1.807) is 17.0 Å². The number of rotatable bonds is 5. The van der Waals surface area contributed by atoms with Crippen molar-refractivity contribution >= 4 is 23.4 Å². The van der Waals surface area contributed by atoms with Crippen LogP contribution >= 0.6 is 0 Å². The van der Waals surface area contributed by atoms with Gasteiger partial charge in [0.2, 0.25) is 17.7 Å². The number of nitrogens with zero attached hydrogens (tertiary/aromatic N) is 3. The van der Waals surface area contributed by atoms with E-state index < -0.39 is 0 Å². The Morgan fingerprint density at radius 2 is 1.60 bits per heavy atom. The number of hydrogen-bond donors (Lipinski definition) is 0. The Morgan fingerprint density at radius 1 is 0.967 bits per heavy atom. The maximum atomic E-state index is 14.0. The molecule has 6 nitrogen and oxygen atoms in total. The van der Waals surface area contributed by atoms with Crippen LogP contribution in [0.1, 0.15) is 19.3 Å². The average molecular weight is 411 g/mol. The monoisotopic (exact) mass is 411 g/mol. The van der Waals surface area contributed by atoms with E-state index in [-0.39, 0.29) is 47.2 Å². The van der Waals surface area contributed by atoms with Crippen molar-refractivity contribution in [3.05, 3.63) is 42.2 Å². The first-order valence-corrected chi connectivity index (χ1v) is 10.9. The van der Waals surface area contributed by atoms with E-state index in [0.717, 1.165) is 6.42 Å². The van der Waals surface area contributed by atoms with Gasteiger partial charge in [-0.3, -0.25) is 19.3 Å². The van der Waals surface area contributed by atoms with Gasteiger partial charge >= 0.3 is 0 Å². The number of fused-ring (bicyclic) bond motifs is 5. The van der Waals surface area contributed by atoms with Gasteiger partial charge in [-0.05, 0) is 36.8 Å². The summed E-state index contributed by atoms with van der Waals surface area (Å²) in [6.07, 6.45) is 5.91. The van der Waals surface area contributed by atoms with Crippen molar-refractivity contribution in [3.63, 3.8) is 0 Å². The lowest BCUT2D eigenvalue weighted by Gasteiger charge is -2.36. The Balaban J connectivity index is 1.10. The van der Waals surface area contributed by atoms with Crippen LogP contribution in [-0.2, 0) is 14.4 Å². The summed E-state index contributed by atoms with van der Waals surface area (Å²) in [5.41, 5.74) is 0.574. The van der Waals surface area contributed by atoms with Crippen LogP contribution in [-0.4, -0.2) is 60.2 Å². The van der Waals surface area contributed by atoms with E-state index in [2.05, 4.69) is 12.2 Å². The first-order valence-electron chi connectivity index (χ1n) is 10.9. The lowest BCUT2D eigenvalue weighted by atomic mass is 9.85. The van der Waals surface area contributed by atoms with Gasteiger partial charge in [-0.2, -0.15) is 0 Å². The molecule has 0 spiro atoms. The van der Waals surface area contributed by atoms with Crippen molar-refractivity contribution in [2.24, 2.45) is 23.7 Å². The summed E-state index contributed by atoms with van der Waals surface area (Å²) < 4.78 is 14.0. The summed E-state index contributed by atoms with van der Waals surface area (Å²) in [6, 6.07) is 6.69. The smallest absolute Gasteiger partial charge is 0.233 e. The molecule has 3 amide bonds. The lowest BCUT2D eigenvalue weighted by molar-refractivity contribution is -0.141. The van der Waals surface area contributed by atoms with E-state index in [9.17, 15) is 18.8 Å². The van der Waals surface area contributed by atoms with Gasteiger partial charge in [-0.1, -0.05) is 24.3 Å². The zero-order valence-corrected chi connectivity index (χ0v) is 16.9. The summed E-state index contributed by atoms with van der Waals surface area (Å²) in [5, 5.41) is 0. The highest BCUT2D eigenvalue weighted by Gasteiger charge is 2.58. The summed E-state index contributed by atoms with van der Waals surface area (Å²) >= 11 is 0. The molecule has 5 rings (SSSR count).